The maximum absolute atomic E-state index is 13.7. The molecule has 1 aromatic carbocycles. The Morgan fingerprint density at radius 2 is 1.70 bits per heavy atom. The van der Waals surface area contributed by atoms with Gasteiger partial charge >= 0.3 is 6.09 Å². The van der Waals surface area contributed by atoms with E-state index in [1.54, 1.807) is 11.1 Å². The Kier molecular flexibility index (Phi) is 10.1. The molecule has 1 aliphatic heterocycles. The van der Waals surface area contributed by atoms with Crippen molar-refractivity contribution in [3.8, 4) is 5.88 Å². The molecule has 3 unspecified atom stereocenters. The average molecular weight is 571 g/mol. The van der Waals surface area contributed by atoms with Crippen molar-refractivity contribution in [3.05, 3.63) is 60.3 Å². The van der Waals surface area contributed by atoms with E-state index in [-0.39, 0.29) is 29.4 Å². The predicted molar refractivity (Wildman–Crippen MR) is 162 cm³/mol. The molecule has 2 aromatic rings. The van der Waals surface area contributed by atoms with Gasteiger partial charge in [0, 0.05) is 12.3 Å². The largest absolute Gasteiger partial charge is 0.478 e. The van der Waals surface area contributed by atoms with Crippen molar-refractivity contribution >= 4 is 14.4 Å². The van der Waals surface area contributed by atoms with Gasteiger partial charge < -0.3 is 18.6 Å². The lowest BCUT2D eigenvalue weighted by atomic mass is 9.95. The fourth-order valence-corrected chi connectivity index (χ4v) is 6.17. The van der Waals surface area contributed by atoms with Crippen molar-refractivity contribution in [3.63, 3.8) is 0 Å². The summed E-state index contributed by atoms with van der Waals surface area (Å²) in [6.45, 7) is 21.4. The van der Waals surface area contributed by atoms with Gasteiger partial charge in [0.05, 0.1) is 18.8 Å². The molecule has 222 valence electrons. The van der Waals surface area contributed by atoms with E-state index < -0.39 is 19.6 Å². The molecule has 1 aliphatic rings. The van der Waals surface area contributed by atoms with Crippen LogP contribution in [0, 0.1) is 0 Å². The zero-order valence-corrected chi connectivity index (χ0v) is 27.2. The Morgan fingerprint density at radius 1 is 1.05 bits per heavy atom. The number of carbonyl (C=O) groups is 1. The van der Waals surface area contributed by atoms with Crippen molar-refractivity contribution < 1.29 is 23.4 Å². The Bertz CT molecular complexity index is 1080. The number of nitrogens with zero attached hydrogens (tertiary/aromatic N) is 2. The van der Waals surface area contributed by atoms with Crippen LogP contribution >= 0.6 is 0 Å². The number of carbonyl (C=O) groups excluding carboxylic acids is 1. The van der Waals surface area contributed by atoms with Gasteiger partial charge in [-0.3, -0.25) is 4.90 Å². The van der Waals surface area contributed by atoms with E-state index in [2.05, 4.69) is 51.0 Å². The van der Waals surface area contributed by atoms with Gasteiger partial charge in [-0.15, -0.1) is 0 Å². The monoisotopic (exact) mass is 570 g/mol. The minimum atomic E-state index is -2.18. The first kappa shape index (κ1) is 32.1. The maximum Gasteiger partial charge on any atom is 0.412 e. The molecule has 3 atom stereocenters. The molecule has 7 nitrogen and oxygen atoms in total. The summed E-state index contributed by atoms with van der Waals surface area (Å²) in [4.78, 5) is 19.7. The summed E-state index contributed by atoms with van der Waals surface area (Å²) >= 11 is 0. The Morgan fingerprint density at radius 3 is 2.27 bits per heavy atom. The van der Waals surface area contributed by atoms with Gasteiger partial charge in [0.1, 0.15) is 17.4 Å². The predicted octanol–water partition coefficient (Wildman–Crippen LogP) is 7.61. The number of benzene rings is 1. The van der Waals surface area contributed by atoms with Crippen LogP contribution in [0.4, 0.5) is 4.79 Å². The normalized spacial score (nSPS) is 20.3. The van der Waals surface area contributed by atoms with Crippen molar-refractivity contribution in [1.29, 1.82) is 0 Å². The van der Waals surface area contributed by atoms with E-state index in [4.69, 9.17) is 18.6 Å². The van der Waals surface area contributed by atoms with E-state index in [1.165, 1.54) is 0 Å². The molecule has 1 amide bonds. The first-order valence-corrected chi connectivity index (χ1v) is 17.4. The van der Waals surface area contributed by atoms with Crippen LogP contribution in [0.3, 0.4) is 0 Å². The molecular weight excluding hydrogens is 520 g/mol. The second-order valence-electron chi connectivity index (χ2n) is 13.7. The van der Waals surface area contributed by atoms with Crippen LogP contribution in [0.2, 0.25) is 18.1 Å². The van der Waals surface area contributed by atoms with Crippen LogP contribution in [0.25, 0.3) is 0 Å². The molecule has 0 bridgehead atoms. The third-order valence-corrected chi connectivity index (χ3v) is 12.2. The van der Waals surface area contributed by atoms with Crippen LogP contribution in [0.15, 0.2) is 54.7 Å². The lowest BCUT2D eigenvalue weighted by Gasteiger charge is -2.41. The van der Waals surface area contributed by atoms with E-state index >= 15 is 0 Å². The van der Waals surface area contributed by atoms with Crippen LogP contribution in [-0.2, 0) is 20.3 Å². The summed E-state index contributed by atoms with van der Waals surface area (Å²) in [6, 6.07) is 15.6. The van der Waals surface area contributed by atoms with Gasteiger partial charge in [-0.25, -0.2) is 9.78 Å². The standard InChI is InChI=1S/C32H50N2O5Si/c1-30(2,3)38-29(35)34-25(23-24-17-12-11-13-18-24)28(37-32(34,7)8)26(39-40(9,10)31(4,5)6)19-16-22-36-27-20-14-15-21-33-27/h11-15,17-18,20-21,25-26,28H,16,19,22-23H2,1-10H3. The number of rotatable bonds is 10. The van der Waals surface area contributed by atoms with E-state index in [0.29, 0.717) is 18.9 Å². The molecule has 8 heteroatoms. The zero-order chi connectivity index (χ0) is 29.8. The minimum Gasteiger partial charge on any atom is -0.478 e. The van der Waals surface area contributed by atoms with Crippen molar-refractivity contribution in [2.75, 3.05) is 6.61 Å². The van der Waals surface area contributed by atoms with E-state index in [0.717, 1.165) is 18.4 Å². The average Bonchev–Trinajstić information content (AvgIpc) is 3.10. The summed E-state index contributed by atoms with van der Waals surface area (Å²) < 4.78 is 25.7. The topological polar surface area (TPSA) is 70.1 Å². The molecule has 0 spiro atoms. The Balaban J connectivity index is 1.94. The molecule has 2 heterocycles. The third-order valence-electron chi connectivity index (χ3n) is 7.73. The fraction of sp³-hybridized carbons (Fsp3) is 0.625. The number of aromatic nitrogens is 1. The van der Waals surface area contributed by atoms with E-state index in [9.17, 15) is 4.79 Å². The molecule has 1 aromatic heterocycles. The summed E-state index contributed by atoms with van der Waals surface area (Å²) in [5, 5.41) is 0.0175. The first-order valence-electron chi connectivity index (χ1n) is 14.5. The Labute approximate surface area is 242 Å². The van der Waals surface area contributed by atoms with Gasteiger partial charge in [-0.05, 0) is 83.6 Å². The Hall–Kier alpha value is -2.42. The number of pyridine rings is 1. The highest BCUT2D eigenvalue weighted by molar-refractivity contribution is 6.74. The molecule has 40 heavy (non-hydrogen) atoms. The number of hydrogen-bond acceptors (Lipinski definition) is 6. The maximum atomic E-state index is 13.7. The minimum absolute atomic E-state index is 0.0175. The van der Waals surface area contributed by atoms with Gasteiger partial charge in [-0.1, -0.05) is 57.2 Å². The molecule has 1 fully saturated rings. The number of ether oxygens (including phenoxy) is 3. The highest BCUT2D eigenvalue weighted by Gasteiger charge is 2.54. The third kappa shape index (κ3) is 8.54. The summed E-state index contributed by atoms with van der Waals surface area (Å²) in [7, 11) is -2.18. The van der Waals surface area contributed by atoms with E-state index in [1.807, 2.05) is 71.0 Å². The SMILES string of the molecule is CC(C)(C)OC(=O)N1C(Cc2ccccc2)C(C(CCCOc2ccccn2)O[Si](C)(C)C(C)(C)C)OC1(C)C. The quantitative estimate of drug-likeness (QED) is 0.216. The molecule has 0 saturated carbocycles. The van der Waals surface area contributed by atoms with Crippen LogP contribution in [-0.4, -0.2) is 60.5 Å². The summed E-state index contributed by atoms with van der Waals surface area (Å²) in [5.41, 5.74) is -0.356. The molecule has 1 saturated heterocycles. The van der Waals surface area contributed by atoms with Gasteiger partial charge in [0.2, 0.25) is 5.88 Å². The van der Waals surface area contributed by atoms with Gasteiger partial charge in [0.15, 0.2) is 8.32 Å². The zero-order valence-electron chi connectivity index (χ0n) is 26.2. The highest BCUT2D eigenvalue weighted by Crippen LogP contribution is 2.42. The molecule has 0 N–H and O–H groups in total. The lowest BCUT2D eigenvalue weighted by molar-refractivity contribution is -0.102. The molecule has 0 aliphatic carbocycles. The molecule has 0 radical (unpaired) electrons. The lowest BCUT2D eigenvalue weighted by Crippen LogP contribution is -2.53. The van der Waals surface area contributed by atoms with Crippen molar-refractivity contribution in [2.45, 2.75) is 122 Å². The highest BCUT2D eigenvalue weighted by atomic mass is 28.4. The number of hydrogen-bond donors (Lipinski definition) is 0. The smallest absolute Gasteiger partial charge is 0.412 e. The second-order valence-corrected chi connectivity index (χ2v) is 18.5. The van der Waals surface area contributed by atoms with Crippen LogP contribution < -0.4 is 4.74 Å². The summed E-state index contributed by atoms with van der Waals surface area (Å²) in [5.74, 6) is 0.612. The van der Waals surface area contributed by atoms with Gasteiger partial charge in [-0.2, -0.15) is 0 Å². The van der Waals surface area contributed by atoms with Crippen LogP contribution in [0.1, 0.15) is 73.8 Å². The molecular formula is C32H50N2O5Si. The van der Waals surface area contributed by atoms with Gasteiger partial charge in [0.25, 0.3) is 0 Å². The molecule has 3 rings (SSSR count). The van der Waals surface area contributed by atoms with Crippen molar-refractivity contribution in [2.24, 2.45) is 0 Å². The first-order chi connectivity index (χ1) is 18.5. The van der Waals surface area contributed by atoms with Crippen molar-refractivity contribution in [1.82, 2.24) is 9.88 Å². The second kappa shape index (κ2) is 12.6. The van der Waals surface area contributed by atoms with Crippen LogP contribution in [0.5, 0.6) is 5.88 Å². The number of amides is 1. The fourth-order valence-electron chi connectivity index (χ4n) is 4.81. The summed E-state index contributed by atoms with van der Waals surface area (Å²) in [6.07, 6.45) is 2.92.